The lowest BCUT2D eigenvalue weighted by Gasteiger charge is -2.22. The van der Waals surface area contributed by atoms with E-state index < -0.39 is 0 Å². The molecule has 0 radical (unpaired) electrons. The van der Waals surface area contributed by atoms with Crippen LogP contribution in [0.2, 0.25) is 0 Å². The SMILES string of the molecule is Cc1c(C)c(CO)c(C)c(OCCN(C)c2ccncc2)c1C. The molecule has 0 aliphatic carbocycles. The lowest BCUT2D eigenvalue weighted by Crippen LogP contribution is -2.24. The highest BCUT2D eigenvalue weighted by atomic mass is 16.5. The molecule has 0 aliphatic rings. The molecule has 1 N–H and O–H groups in total. The Morgan fingerprint density at radius 1 is 1.00 bits per heavy atom. The number of benzene rings is 1. The molecular weight excluding hydrogens is 288 g/mol. The molecule has 0 fully saturated rings. The van der Waals surface area contributed by atoms with Crippen molar-refractivity contribution in [2.75, 3.05) is 25.1 Å². The maximum Gasteiger partial charge on any atom is 0.125 e. The molecule has 1 heterocycles. The van der Waals surface area contributed by atoms with E-state index in [1.165, 1.54) is 5.56 Å². The van der Waals surface area contributed by atoms with Gasteiger partial charge in [0.15, 0.2) is 0 Å². The predicted molar refractivity (Wildman–Crippen MR) is 94.3 cm³/mol. The van der Waals surface area contributed by atoms with Crippen molar-refractivity contribution in [1.82, 2.24) is 4.98 Å². The van der Waals surface area contributed by atoms with Crippen LogP contribution in [0.3, 0.4) is 0 Å². The van der Waals surface area contributed by atoms with E-state index in [0.29, 0.717) is 6.61 Å². The minimum Gasteiger partial charge on any atom is -0.491 e. The third-order valence-corrected chi connectivity index (χ3v) is 4.65. The maximum absolute atomic E-state index is 9.63. The number of likely N-dealkylation sites (N-methyl/N-ethyl adjacent to an activating group) is 1. The predicted octanol–water partition coefficient (Wildman–Crippen LogP) is 3.32. The normalized spacial score (nSPS) is 10.7. The van der Waals surface area contributed by atoms with Crippen LogP contribution in [0.25, 0.3) is 0 Å². The molecular formula is C19H26N2O2. The van der Waals surface area contributed by atoms with Crippen LogP contribution in [0, 0.1) is 27.7 Å². The monoisotopic (exact) mass is 314 g/mol. The maximum atomic E-state index is 9.63. The number of nitrogens with zero attached hydrogens (tertiary/aromatic N) is 2. The van der Waals surface area contributed by atoms with Crippen LogP contribution in [-0.2, 0) is 6.61 Å². The topological polar surface area (TPSA) is 45.6 Å². The number of ether oxygens (including phenoxy) is 1. The molecule has 0 saturated heterocycles. The number of hydrogen-bond acceptors (Lipinski definition) is 4. The quantitative estimate of drug-likeness (QED) is 0.888. The lowest BCUT2D eigenvalue weighted by molar-refractivity contribution is 0.277. The summed E-state index contributed by atoms with van der Waals surface area (Å²) in [6.45, 7) is 9.66. The molecule has 2 aromatic rings. The van der Waals surface area contributed by atoms with Gasteiger partial charge in [0.2, 0.25) is 0 Å². The third kappa shape index (κ3) is 3.64. The Morgan fingerprint density at radius 3 is 2.26 bits per heavy atom. The molecule has 23 heavy (non-hydrogen) atoms. The van der Waals surface area contributed by atoms with Gasteiger partial charge in [-0.2, -0.15) is 0 Å². The summed E-state index contributed by atoms with van der Waals surface area (Å²) >= 11 is 0. The first-order valence-corrected chi connectivity index (χ1v) is 7.91. The van der Waals surface area contributed by atoms with Crippen molar-refractivity contribution in [3.8, 4) is 5.75 Å². The Kier molecular flexibility index (Phi) is 5.61. The summed E-state index contributed by atoms with van der Waals surface area (Å²) in [4.78, 5) is 6.17. The second kappa shape index (κ2) is 7.47. The second-order valence-electron chi connectivity index (χ2n) is 5.94. The van der Waals surface area contributed by atoms with E-state index in [1.807, 2.05) is 26.1 Å². The van der Waals surface area contributed by atoms with Crippen LogP contribution in [0.1, 0.15) is 27.8 Å². The summed E-state index contributed by atoms with van der Waals surface area (Å²) in [6.07, 6.45) is 3.58. The van der Waals surface area contributed by atoms with Gasteiger partial charge in [0, 0.05) is 25.1 Å². The first-order valence-electron chi connectivity index (χ1n) is 7.91. The van der Waals surface area contributed by atoms with E-state index in [4.69, 9.17) is 4.74 Å². The highest BCUT2D eigenvalue weighted by Crippen LogP contribution is 2.32. The average Bonchev–Trinajstić information content (AvgIpc) is 2.57. The van der Waals surface area contributed by atoms with Gasteiger partial charge in [-0.15, -0.1) is 0 Å². The van der Waals surface area contributed by atoms with Gasteiger partial charge in [-0.05, 0) is 67.6 Å². The van der Waals surface area contributed by atoms with Crippen LogP contribution in [0.4, 0.5) is 5.69 Å². The van der Waals surface area contributed by atoms with Gasteiger partial charge in [-0.1, -0.05) is 0 Å². The van der Waals surface area contributed by atoms with Crippen LogP contribution >= 0.6 is 0 Å². The molecule has 0 atom stereocenters. The molecule has 124 valence electrons. The molecule has 1 aromatic heterocycles. The summed E-state index contributed by atoms with van der Waals surface area (Å²) in [5.41, 5.74) is 6.64. The number of pyridine rings is 1. The number of aromatic nitrogens is 1. The number of anilines is 1. The van der Waals surface area contributed by atoms with Crippen LogP contribution in [0.5, 0.6) is 5.75 Å². The summed E-state index contributed by atoms with van der Waals surface area (Å²) in [5.74, 6) is 0.903. The molecule has 0 spiro atoms. The number of aliphatic hydroxyl groups is 1. The van der Waals surface area contributed by atoms with Crippen molar-refractivity contribution in [2.45, 2.75) is 34.3 Å². The van der Waals surface area contributed by atoms with Crippen LogP contribution < -0.4 is 9.64 Å². The number of rotatable bonds is 6. The highest BCUT2D eigenvalue weighted by Gasteiger charge is 2.15. The highest BCUT2D eigenvalue weighted by molar-refractivity contribution is 5.53. The summed E-state index contributed by atoms with van der Waals surface area (Å²) in [6, 6.07) is 3.97. The lowest BCUT2D eigenvalue weighted by atomic mass is 9.93. The molecule has 0 bridgehead atoms. The standard InChI is InChI=1S/C19H26N2O2/c1-13-14(2)18(12-22)16(4)19(15(13)3)23-11-10-21(5)17-6-8-20-9-7-17/h6-9,22H,10-12H2,1-5H3. The first-order chi connectivity index (χ1) is 11.0. The van der Waals surface area contributed by atoms with E-state index in [9.17, 15) is 5.11 Å². The first kappa shape index (κ1) is 17.3. The smallest absolute Gasteiger partial charge is 0.125 e. The fourth-order valence-electron chi connectivity index (χ4n) is 2.84. The van der Waals surface area contributed by atoms with E-state index in [2.05, 4.69) is 30.7 Å². The van der Waals surface area contributed by atoms with Crippen molar-refractivity contribution in [2.24, 2.45) is 0 Å². The zero-order chi connectivity index (χ0) is 17.0. The van der Waals surface area contributed by atoms with Gasteiger partial charge in [-0.3, -0.25) is 4.98 Å². The van der Waals surface area contributed by atoms with Crippen molar-refractivity contribution in [3.63, 3.8) is 0 Å². The molecule has 2 rings (SSSR count). The fraction of sp³-hybridized carbons (Fsp3) is 0.421. The molecule has 0 unspecified atom stereocenters. The molecule has 0 amide bonds. The van der Waals surface area contributed by atoms with Crippen molar-refractivity contribution in [1.29, 1.82) is 0 Å². The largest absolute Gasteiger partial charge is 0.491 e. The molecule has 4 heteroatoms. The van der Waals surface area contributed by atoms with Gasteiger partial charge in [0.1, 0.15) is 12.4 Å². The number of aliphatic hydroxyl groups excluding tert-OH is 1. The van der Waals surface area contributed by atoms with Gasteiger partial charge >= 0.3 is 0 Å². The van der Waals surface area contributed by atoms with E-state index in [1.54, 1.807) is 12.4 Å². The average molecular weight is 314 g/mol. The van der Waals surface area contributed by atoms with E-state index >= 15 is 0 Å². The minimum absolute atomic E-state index is 0.0477. The summed E-state index contributed by atoms with van der Waals surface area (Å²) in [5, 5.41) is 9.63. The van der Waals surface area contributed by atoms with E-state index in [-0.39, 0.29) is 6.61 Å². The van der Waals surface area contributed by atoms with Gasteiger partial charge in [0.05, 0.1) is 13.2 Å². The Bertz CT molecular complexity index is 669. The van der Waals surface area contributed by atoms with Crippen molar-refractivity contribution >= 4 is 5.69 Å². The Labute approximate surface area is 138 Å². The van der Waals surface area contributed by atoms with Crippen LogP contribution in [-0.4, -0.2) is 30.3 Å². The van der Waals surface area contributed by atoms with Crippen molar-refractivity contribution in [3.05, 3.63) is 52.3 Å². The molecule has 4 nitrogen and oxygen atoms in total. The van der Waals surface area contributed by atoms with Gasteiger partial charge in [-0.25, -0.2) is 0 Å². The zero-order valence-corrected chi connectivity index (χ0v) is 14.7. The van der Waals surface area contributed by atoms with Crippen LogP contribution in [0.15, 0.2) is 24.5 Å². The molecule has 0 saturated carbocycles. The number of hydrogen-bond donors (Lipinski definition) is 1. The second-order valence-corrected chi connectivity index (χ2v) is 5.94. The van der Waals surface area contributed by atoms with Gasteiger partial charge < -0.3 is 14.7 Å². The molecule has 1 aromatic carbocycles. The Balaban J connectivity index is 2.11. The van der Waals surface area contributed by atoms with Crippen molar-refractivity contribution < 1.29 is 9.84 Å². The minimum atomic E-state index is 0.0477. The van der Waals surface area contributed by atoms with Gasteiger partial charge in [0.25, 0.3) is 0 Å². The molecule has 0 aliphatic heterocycles. The Morgan fingerprint density at radius 2 is 1.65 bits per heavy atom. The Hall–Kier alpha value is -2.07. The summed E-state index contributed by atoms with van der Waals surface area (Å²) in [7, 11) is 2.04. The van der Waals surface area contributed by atoms with E-state index in [0.717, 1.165) is 40.2 Å². The third-order valence-electron chi connectivity index (χ3n) is 4.65. The summed E-state index contributed by atoms with van der Waals surface area (Å²) < 4.78 is 6.07. The zero-order valence-electron chi connectivity index (χ0n) is 14.7. The fourth-order valence-corrected chi connectivity index (χ4v) is 2.84.